The molecule has 26 heavy (non-hydrogen) atoms. The Kier molecular flexibility index (Phi) is 4.68. The number of benzene rings is 2. The second-order valence-corrected chi connectivity index (χ2v) is 9.40. The molecule has 2 heterocycles. The van der Waals surface area contributed by atoms with Crippen molar-refractivity contribution in [3.8, 4) is 11.5 Å². The summed E-state index contributed by atoms with van der Waals surface area (Å²) < 4.78 is 41.1. The average Bonchev–Trinajstić information content (AvgIpc) is 2.89. The molecule has 0 spiro atoms. The maximum Gasteiger partial charge on any atom is 0.262 e. The number of ether oxygens (including phenoxy) is 2. The maximum atomic E-state index is 12.7. The van der Waals surface area contributed by atoms with E-state index < -0.39 is 10.0 Å². The molecule has 1 aliphatic heterocycles. The van der Waals surface area contributed by atoms with Crippen molar-refractivity contribution < 1.29 is 17.9 Å². The number of hydrogen-bond acceptors (Lipinski definition) is 7. The molecule has 1 aromatic heterocycles. The van der Waals surface area contributed by atoms with Crippen LogP contribution in [0.5, 0.6) is 11.5 Å². The van der Waals surface area contributed by atoms with E-state index >= 15 is 0 Å². The lowest BCUT2D eigenvalue weighted by molar-refractivity contribution is 0.297. The minimum absolute atomic E-state index is 0.135. The van der Waals surface area contributed by atoms with E-state index in [-0.39, 0.29) is 4.90 Å². The first-order valence-electron chi connectivity index (χ1n) is 7.92. The summed E-state index contributed by atoms with van der Waals surface area (Å²) in [6, 6.07) is 9.98. The lowest BCUT2D eigenvalue weighted by Gasteiger charge is -2.11. The first kappa shape index (κ1) is 17.4. The van der Waals surface area contributed by atoms with E-state index in [2.05, 4.69) is 9.71 Å². The topological polar surface area (TPSA) is 77.5 Å². The maximum absolute atomic E-state index is 12.7. The summed E-state index contributed by atoms with van der Waals surface area (Å²) in [6.07, 6.45) is 2.73. The van der Waals surface area contributed by atoms with Crippen LogP contribution in [0, 0.1) is 0 Å². The number of anilines is 1. The predicted octanol–water partition coefficient (Wildman–Crippen LogP) is 3.98. The van der Waals surface area contributed by atoms with Crippen molar-refractivity contribution in [1.29, 1.82) is 0 Å². The molecule has 0 fully saturated rings. The van der Waals surface area contributed by atoms with Gasteiger partial charge in [-0.2, -0.15) is 0 Å². The highest BCUT2D eigenvalue weighted by Gasteiger charge is 2.19. The number of thiazole rings is 1. The van der Waals surface area contributed by atoms with Gasteiger partial charge in [-0.1, -0.05) is 11.8 Å². The molecule has 4 rings (SSSR count). The largest absolute Gasteiger partial charge is 0.490 e. The molecule has 0 atom stereocenters. The number of fused-ring (bicyclic) bond motifs is 2. The molecule has 6 nitrogen and oxygen atoms in total. The van der Waals surface area contributed by atoms with E-state index in [4.69, 9.17) is 9.47 Å². The molecule has 0 amide bonds. The van der Waals surface area contributed by atoms with E-state index in [0.29, 0.717) is 30.4 Å². The Balaban J connectivity index is 1.63. The molecular weight excluding hydrogens is 392 g/mol. The van der Waals surface area contributed by atoms with Crippen molar-refractivity contribution in [3.63, 3.8) is 0 Å². The van der Waals surface area contributed by atoms with Crippen LogP contribution in [-0.4, -0.2) is 32.9 Å². The standard InChI is InChI=1S/C17H16N2O4S3/c1-24-17-18-13-5-3-11(9-16(13)25-17)19-26(20,21)12-4-6-14-15(10-12)23-8-2-7-22-14/h3-6,9-10,19H,2,7-8H2,1H3. The minimum Gasteiger partial charge on any atom is -0.490 e. The van der Waals surface area contributed by atoms with Crippen molar-refractivity contribution >= 4 is 49.0 Å². The van der Waals surface area contributed by atoms with Gasteiger partial charge in [0.15, 0.2) is 15.8 Å². The second-order valence-electron chi connectivity index (χ2n) is 5.63. The summed E-state index contributed by atoms with van der Waals surface area (Å²) in [4.78, 5) is 4.59. The SMILES string of the molecule is CSc1nc2ccc(NS(=O)(=O)c3ccc4c(c3)OCCCO4)cc2s1. The third-order valence-electron chi connectivity index (χ3n) is 3.82. The predicted molar refractivity (Wildman–Crippen MR) is 104 cm³/mol. The molecule has 1 aliphatic rings. The summed E-state index contributed by atoms with van der Waals surface area (Å²) in [5.74, 6) is 1.02. The lowest BCUT2D eigenvalue weighted by atomic mass is 10.3. The normalized spacial score (nSPS) is 14.2. The summed E-state index contributed by atoms with van der Waals surface area (Å²) in [6.45, 7) is 1.06. The summed E-state index contributed by atoms with van der Waals surface area (Å²) in [7, 11) is -3.73. The molecule has 0 saturated heterocycles. The van der Waals surface area contributed by atoms with Crippen molar-refractivity contribution in [1.82, 2.24) is 4.98 Å². The van der Waals surface area contributed by atoms with Crippen LogP contribution in [0.2, 0.25) is 0 Å². The Morgan fingerprint density at radius 1 is 1.12 bits per heavy atom. The second kappa shape index (κ2) is 6.98. The number of sulfonamides is 1. The Bertz CT molecular complexity index is 1060. The first-order chi connectivity index (χ1) is 12.5. The van der Waals surface area contributed by atoms with E-state index in [9.17, 15) is 8.42 Å². The van der Waals surface area contributed by atoms with Gasteiger partial charge in [-0.25, -0.2) is 13.4 Å². The molecule has 0 unspecified atom stereocenters. The Morgan fingerprint density at radius 2 is 1.92 bits per heavy atom. The first-order valence-corrected chi connectivity index (χ1v) is 11.4. The van der Waals surface area contributed by atoms with Gasteiger partial charge in [0.2, 0.25) is 0 Å². The monoisotopic (exact) mass is 408 g/mol. The third-order valence-corrected chi connectivity index (χ3v) is 7.21. The number of hydrogen-bond donors (Lipinski definition) is 1. The van der Waals surface area contributed by atoms with E-state index in [1.807, 2.05) is 12.3 Å². The smallest absolute Gasteiger partial charge is 0.262 e. The summed E-state index contributed by atoms with van der Waals surface area (Å²) in [5.41, 5.74) is 1.36. The van der Waals surface area contributed by atoms with Crippen molar-refractivity contribution in [3.05, 3.63) is 36.4 Å². The van der Waals surface area contributed by atoms with Crippen molar-refractivity contribution in [2.45, 2.75) is 15.7 Å². The van der Waals surface area contributed by atoms with Crippen LogP contribution < -0.4 is 14.2 Å². The van der Waals surface area contributed by atoms with Gasteiger partial charge < -0.3 is 9.47 Å². The molecule has 9 heteroatoms. The van der Waals surface area contributed by atoms with Gasteiger partial charge in [0.1, 0.15) is 0 Å². The fourth-order valence-electron chi connectivity index (χ4n) is 2.58. The molecule has 136 valence electrons. The van der Waals surface area contributed by atoms with Gasteiger partial charge in [0, 0.05) is 12.5 Å². The van der Waals surface area contributed by atoms with Crippen LogP contribution in [-0.2, 0) is 10.0 Å². The number of rotatable bonds is 4. The van der Waals surface area contributed by atoms with E-state index in [1.54, 1.807) is 30.0 Å². The Hall–Kier alpha value is -1.97. The van der Waals surface area contributed by atoms with Crippen LogP contribution in [0.15, 0.2) is 45.6 Å². The van der Waals surface area contributed by atoms with Crippen molar-refractivity contribution in [2.75, 3.05) is 24.2 Å². The van der Waals surface area contributed by atoms with Gasteiger partial charge in [-0.15, -0.1) is 11.3 Å². The highest BCUT2D eigenvalue weighted by Crippen LogP contribution is 2.33. The van der Waals surface area contributed by atoms with Gasteiger partial charge in [-0.05, 0) is 36.6 Å². The lowest BCUT2D eigenvalue weighted by Crippen LogP contribution is -2.13. The van der Waals surface area contributed by atoms with Crippen LogP contribution in [0.3, 0.4) is 0 Å². The quantitative estimate of drug-likeness (QED) is 0.658. The van der Waals surface area contributed by atoms with Gasteiger partial charge in [0.25, 0.3) is 10.0 Å². The Labute approximate surface area is 159 Å². The zero-order chi connectivity index (χ0) is 18.1. The molecule has 0 saturated carbocycles. The molecule has 0 bridgehead atoms. The number of aromatic nitrogens is 1. The molecule has 3 aromatic rings. The van der Waals surface area contributed by atoms with Gasteiger partial charge >= 0.3 is 0 Å². The third kappa shape index (κ3) is 3.46. The highest BCUT2D eigenvalue weighted by molar-refractivity contribution is 8.00. The summed E-state index contributed by atoms with van der Waals surface area (Å²) >= 11 is 3.10. The molecule has 2 aromatic carbocycles. The van der Waals surface area contributed by atoms with Crippen LogP contribution in [0.1, 0.15) is 6.42 Å². The molecule has 0 radical (unpaired) electrons. The number of nitrogens with zero attached hydrogens (tertiary/aromatic N) is 1. The van der Waals surface area contributed by atoms with Gasteiger partial charge in [-0.3, -0.25) is 4.72 Å². The molecule has 0 aliphatic carbocycles. The van der Waals surface area contributed by atoms with Crippen LogP contribution in [0.25, 0.3) is 10.2 Å². The number of thioether (sulfide) groups is 1. The minimum atomic E-state index is -3.73. The highest BCUT2D eigenvalue weighted by atomic mass is 32.2. The fraction of sp³-hybridized carbons (Fsp3) is 0.235. The van der Waals surface area contributed by atoms with Crippen LogP contribution in [0.4, 0.5) is 5.69 Å². The zero-order valence-corrected chi connectivity index (χ0v) is 16.3. The fourth-order valence-corrected chi connectivity index (χ4v) is 5.17. The van der Waals surface area contributed by atoms with Crippen LogP contribution >= 0.6 is 23.1 Å². The van der Waals surface area contributed by atoms with Crippen molar-refractivity contribution in [2.24, 2.45) is 0 Å². The van der Waals surface area contributed by atoms with Gasteiger partial charge in [0.05, 0.1) is 34.0 Å². The molecular formula is C17H16N2O4S3. The van der Waals surface area contributed by atoms with E-state index in [1.165, 1.54) is 23.5 Å². The summed E-state index contributed by atoms with van der Waals surface area (Å²) in [5, 5.41) is 0. The van der Waals surface area contributed by atoms with E-state index in [0.717, 1.165) is 21.0 Å². The average molecular weight is 409 g/mol. The number of nitrogens with one attached hydrogen (secondary N) is 1. The molecule has 1 N–H and O–H groups in total. The Morgan fingerprint density at radius 3 is 2.73 bits per heavy atom. The zero-order valence-electron chi connectivity index (χ0n) is 13.9.